The first-order valence-corrected chi connectivity index (χ1v) is 10.9. The fraction of sp³-hybridized carbons (Fsp3) is 0.696. The molecule has 1 aliphatic carbocycles. The standard InChI is InChI=1S/C23H34N2O2/c1-3-25(4-2)22(26)15-19-16-23(27-21-8-6-5-7-20(19)21)11-13-24(14-12-23)17-18-9-10-18/h5-8,18-19H,3-4,9-17H2,1-2H3/t19-/m0/s1. The fourth-order valence-corrected chi connectivity index (χ4v) is 4.96. The zero-order valence-electron chi connectivity index (χ0n) is 17.0. The van der Waals surface area contributed by atoms with Crippen LogP contribution in [0.2, 0.25) is 0 Å². The minimum absolute atomic E-state index is 0.0807. The van der Waals surface area contributed by atoms with Crippen LogP contribution in [0.15, 0.2) is 24.3 Å². The first-order valence-electron chi connectivity index (χ1n) is 10.9. The number of benzene rings is 1. The number of nitrogens with zero attached hydrogens (tertiary/aromatic N) is 2. The predicted molar refractivity (Wildman–Crippen MR) is 108 cm³/mol. The molecule has 148 valence electrons. The van der Waals surface area contributed by atoms with Gasteiger partial charge in [0, 0.05) is 45.1 Å². The molecule has 4 heteroatoms. The maximum atomic E-state index is 12.8. The second-order valence-electron chi connectivity index (χ2n) is 8.74. The van der Waals surface area contributed by atoms with Crippen LogP contribution in [0.5, 0.6) is 5.75 Å². The number of hydrogen-bond donors (Lipinski definition) is 0. The zero-order valence-corrected chi connectivity index (χ0v) is 17.0. The summed E-state index contributed by atoms with van der Waals surface area (Å²) in [7, 11) is 0. The van der Waals surface area contributed by atoms with Gasteiger partial charge in [-0.3, -0.25) is 4.79 Å². The van der Waals surface area contributed by atoms with Gasteiger partial charge in [-0.25, -0.2) is 0 Å². The number of para-hydroxylation sites is 1. The van der Waals surface area contributed by atoms with Crippen molar-refractivity contribution in [1.82, 2.24) is 9.80 Å². The lowest BCUT2D eigenvalue weighted by Gasteiger charge is -2.47. The molecular weight excluding hydrogens is 336 g/mol. The average molecular weight is 371 g/mol. The van der Waals surface area contributed by atoms with Crippen LogP contribution in [-0.2, 0) is 4.79 Å². The molecule has 1 saturated heterocycles. The summed E-state index contributed by atoms with van der Waals surface area (Å²) in [5.41, 5.74) is 1.15. The molecule has 1 amide bonds. The van der Waals surface area contributed by atoms with Crippen LogP contribution in [-0.4, -0.2) is 54.0 Å². The normalized spacial score (nSPS) is 24.3. The Morgan fingerprint density at radius 1 is 1.19 bits per heavy atom. The van der Waals surface area contributed by atoms with Crippen LogP contribution < -0.4 is 4.74 Å². The van der Waals surface area contributed by atoms with Gasteiger partial charge in [0.1, 0.15) is 11.4 Å². The predicted octanol–water partition coefficient (Wildman–Crippen LogP) is 4.06. The Bertz CT molecular complexity index is 658. The van der Waals surface area contributed by atoms with Crippen LogP contribution in [0.1, 0.15) is 63.9 Å². The van der Waals surface area contributed by atoms with Crippen molar-refractivity contribution < 1.29 is 9.53 Å². The van der Waals surface area contributed by atoms with Gasteiger partial charge in [0.15, 0.2) is 0 Å². The van der Waals surface area contributed by atoms with Crippen LogP contribution in [0.25, 0.3) is 0 Å². The molecule has 4 rings (SSSR count). The van der Waals surface area contributed by atoms with E-state index in [0.717, 1.165) is 57.1 Å². The van der Waals surface area contributed by atoms with E-state index in [-0.39, 0.29) is 17.4 Å². The van der Waals surface area contributed by atoms with Gasteiger partial charge in [0.05, 0.1) is 0 Å². The van der Waals surface area contributed by atoms with Gasteiger partial charge in [0.25, 0.3) is 0 Å². The largest absolute Gasteiger partial charge is 0.487 e. The summed E-state index contributed by atoms with van der Waals surface area (Å²) in [5.74, 6) is 2.52. The lowest BCUT2D eigenvalue weighted by Crippen LogP contribution is -2.51. The molecule has 0 aromatic heterocycles. The monoisotopic (exact) mass is 370 g/mol. The van der Waals surface area contributed by atoms with Gasteiger partial charge in [-0.1, -0.05) is 18.2 Å². The summed E-state index contributed by atoms with van der Waals surface area (Å²) >= 11 is 0. The second kappa shape index (κ2) is 7.83. The third-order valence-corrected chi connectivity index (χ3v) is 6.82. The molecule has 2 heterocycles. The number of carbonyl (C=O) groups excluding carboxylic acids is 1. The van der Waals surface area contributed by atoms with Crippen molar-refractivity contribution in [3.05, 3.63) is 29.8 Å². The third kappa shape index (κ3) is 4.16. The maximum Gasteiger partial charge on any atom is 0.223 e. The molecule has 2 aliphatic heterocycles. The topological polar surface area (TPSA) is 32.8 Å². The minimum atomic E-state index is -0.0807. The molecular formula is C23H34N2O2. The Labute approximate surface area is 163 Å². The molecule has 0 radical (unpaired) electrons. The van der Waals surface area contributed by atoms with Gasteiger partial charge in [-0.05, 0) is 63.5 Å². The molecule has 0 bridgehead atoms. The van der Waals surface area contributed by atoms with Crippen LogP contribution in [0.3, 0.4) is 0 Å². The van der Waals surface area contributed by atoms with E-state index in [1.807, 2.05) is 4.90 Å². The smallest absolute Gasteiger partial charge is 0.223 e. The SMILES string of the molecule is CCN(CC)C(=O)C[C@H]1CC2(CCN(CC3CC3)CC2)Oc2ccccc21. The van der Waals surface area contributed by atoms with E-state index in [0.29, 0.717) is 6.42 Å². The van der Waals surface area contributed by atoms with Gasteiger partial charge in [-0.15, -0.1) is 0 Å². The molecule has 1 aromatic rings. The van der Waals surface area contributed by atoms with Crippen molar-refractivity contribution in [3.8, 4) is 5.75 Å². The van der Waals surface area contributed by atoms with Crippen LogP contribution >= 0.6 is 0 Å². The third-order valence-electron chi connectivity index (χ3n) is 6.82. The average Bonchev–Trinajstić information content (AvgIpc) is 3.49. The summed E-state index contributed by atoms with van der Waals surface area (Å²) in [5, 5.41) is 0. The number of piperidine rings is 1. The van der Waals surface area contributed by atoms with Gasteiger partial charge < -0.3 is 14.5 Å². The number of amides is 1. The molecule has 0 unspecified atom stereocenters. The van der Waals surface area contributed by atoms with Crippen molar-refractivity contribution in [2.75, 3.05) is 32.7 Å². The van der Waals surface area contributed by atoms with E-state index < -0.39 is 0 Å². The molecule has 1 atom stereocenters. The summed E-state index contributed by atoms with van der Waals surface area (Å²) in [4.78, 5) is 17.4. The first kappa shape index (κ1) is 18.8. The molecule has 2 fully saturated rings. The van der Waals surface area contributed by atoms with E-state index in [2.05, 4.69) is 43.0 Å². The molecule has 1 spiro atoms. The number of ether oxygens (including phenoxy) is 1. The Balaban J connectivity index is 1.48. The van der Waals surface area contributed by atoms with Crippen molar-refractivity contribution >= 4 is 5.91 Å². The Hall–Kier alpha value is -1.55. The Morgan fingerprint density at radius 3 is 2.56 bits per heavy atom. The van der Waals surface area contributed by atoms with Crippen LogP contribution in [0, 0.1) is 5.92 Å². The van der Waals surface area contributed by atoms with Crippen molar-refractivity contribution in [1.29, 1.82) is 0 Å². The first-order chi connectivity index (χ1) is 13.1. The van der Waals surface area contributed by atoms with Crippen molar-refractivity contribution in [2.24, 2.45) is 5.92 Å². The van der Waals surface area contributed by atoms with Crippen molar-refractivity contribution in [3.63, 3.8) is 0 Å². The van der Waals surface area contributed by atoms with E-state index in [1.165, 1.54) is 24.9 Å². The number of rotatable bonds is 6. The number of likely N-dealkylation sites (tertiary alicyclic amines) is 1. The molecule has 27 heavy (non-hydrogen) atoms. The molecule has 3 aliphatic rings. The quantitative estimate of drug-likeness (QED) is 0.757. The highest BCUT2D eigenvalue weighted by Crippen LogP contribution is 2.47. The van der Waals surface area contributed by atoms with E-state index >= 15 is 0 Å². The zero-order chi connectivity index (χ0) is 18.9. The highest BCUT2D eigenvalue weighted by atomic mass is 16.5. The maximum absolute atomic E-state index is 12.8. The van der Waals surface area contributed by atoms with E-state index in [9.17, 15) is 4.79 Å². The molecule has 0 N–H and O–H groups in total. The summed E-state index contributed by atoms with van der Waals surface area (Å²) in [6.07, 6.45) is 6.60. The molecule has 1 aromatic carbocycles. The van der Waals surface area contributed by atoms with Crippen LogP contribution in [0.4, 0.5) is 0 Å². The fourth-order valence-electron chi connectivity index (χ4n) is 4.96. The number of hydrogen-bond acceptors (Lipinski definition) is 3. The minimum Gasteiger partial charge on any atom is -0.487 e. The van der Waals surface area contributed by atoms with Gasteiger partial charge in [-0.2, -0.15) is 0 Å². The van der Waals surface area contributed by atoms with Crippen molar-refractivity contribution in [2.45, 2.75) is 63.9 Å². The summed E-state index contributed by atoms with van der Waals surface area (Å²) in [6, 6.07) is 8.39. The lowest BCUT2D eigenvalue weighted by molar-refractivity contribution is -0.131. The van der Waals surface area contributed by atoms with E-state index in [1.54, 1.807) is 0 Å². The summed E-state index contributed by atoms with van der Waals surface area (Å²) in [6.45, 7) is 9.26. The Kier molecular flexibility index (Phi) is 5.45. The Morgan fingerprint density at radius 2 is 1.89 bits per heavy atom. The van der Waals surface area contributed by atoms with Gasteiger partial charge in [0.2, 0.25) is 5.91 Å². The highest BCUT2D eigenvalue weighted by Gasteiger charge is 2.44. The lowest BCUT2D eigenvalue weighted by atomic mass is 9.76. The highest BCUT2D eigenvalue weighted by molar-refractivity contribution is 5.77. The van der Waals surface area contributed by atoms with E-state index in [4.69, 9.17) is 4.74 Å². The number of fused-ring (bicyclic) bond motifs is 1. The van der Waals surface area contributed by atoms with Gasteiger partial charge >= 0.3 is 0 Å². The molecule has 1 saturated carbocycles. The summed E-state index contributed by atoms with van der Waals surface area (Å²) < 4.78 is 6.60. The number of carbonyl (C=O) groups is 1. The second-order valence-corrected chi connectivity index (χ2v) is 8.74. The molecule has 4 nitrogen and oxygen atoms in total.